The van der Waals surface area contributed by atoms with Crippen molar-refractivity contribution in [1.29, 1.82) is 0 Å². The molecule has 0 bridgehead atoms. The highest BCUT2D eigenvalue weighted by atomic mass is 35.5. The van der Waals surface area contributed by atoms with Crippen molar-refractivity contribution in [2.45, 2.75) is 13.3 Å². The van der Waals surface area contributed by atoms with Crippen molar-refractivity contribution in [2.24, 2.45) is 5.92 Å². The van der Waals surface area contributed by atoms with E-state index >= 15 is 0 Å². The molecular formula is C27H18Cl4N2O6. The first-order valence-electron chi connectivity index (χ1n) is 11.6. The van der Waals surface area contributed by atoms with Gasteiger partial charge < -0.3 is 14.4 Å². The highest BCUT2D eigenvalue weighted by Crippen LogP contribution is 2.46. The second-order valence-electron chi connectivity index (χ2n) is 8.90. The van der Waals surface area contributed by atoms with Crippen LogP contribution in [0.2, 0.25) is 20.1 Å². The third-order valence-corrected chi connectivity index (χ3v) is 8.37. The number of para-hydroxylation sites is 2. The number of esters is 1. The number of methoxy groups -OCH3 is 1. The summed E-state index contributed by atoms with van der Waals surface area (Å²) in [5, 5.41) is -0.589. The van der Waals surface area contributed by atoms with Crippen LogP contribution in [0, 0.1) is 12.8 Å². The van der Waals surface area contributed by atoms with Crippen LogP contribution >= 0.6 is 46.4 Å². The second kappa shape index (κ2) is 10.4. The molecule has 2 heterocycles. The lowest BCUT2D eigenvalue weighted by atomic mass is 10.1. The number of rotatable bonds is 5. The molecule has 2 aliphatic heterocycles. The van der Waals surface area contributed by atoms with E-state index in [-0.39, 0.29) is 61.5 Å². The molecule has 5 rings (SSSR count). The lowest BCUT2D eigenvalue weighted by Gasteiger charge is -2.19. The smallest absolute Gasteiger partial charge is 0.316 e. The predicted octanol–water partition coefficient (Wildman–Crippen LogP) is 6.38. The molecule has 200 valence electrons. The molecule has 2 aliphatic rings. The average Bonchev–Trinajstić information content (AvgIpc) is 3.43. The fourth-order valence-electron chi connectivity index (χ4n) is 4.66. The van der Waals surface area contributed by atoms with Gasteiger partial charge in [-0.15, -0.1) is 0 Å². The Morgan fingerprint density at radius 3 is 2.08 bits per heavy atom. The number of benzene rings is 3. The lowest BCUT2D eigenvalue weighted by Crippen LogP contribution is -2.30. The first-order valence-corrected chi connectivity index (χ1v) is 13.1. The van der Waals surface area contributed by atoms with Gasteiger partial charge in [0.15, 0.2) is 0 Å². The van der Waals surface area contributed by atoms with Crippen molar-refractivity contribution in [3.8, 4) is 11.5 Å². The summed E-state index contributed by atoms with van der Waals surface area (Å²) >= 11 is 24.6. The molecule has 0 N–H and O–H groups in total. The van der Waals surface area contributed by atoms with E-state index in [2.05, 4.69) is 0 Å². The minimum atomic E-state index is -0.714. The van der Waals surface area contributed by atoms with E-state index in [1.807, 2.05) is 0 Å². The normalized spacial score (nSPS) is 16.7. The topological polar surface area (TPSA) is 93.2 Å². The van der Waals surface area contributed by atoms with Crippen molar-refractivity contribution in [3.63, 3.8) is 0 Å². The molecule has 0 aromatic heterocycles. The van der Waals surface area contributed by atoms with E-state index < -0.39 is 23.7 Å². The Morgan fingerprint density at radius 2 is 1.49 bits per heavy atom. The number of ether oxygens (including phenoxy) is 2. The van der Waals surface area contributed by atoms with Gasteiger partial charge in [-0.3, -0.25) is 19.2 Å². The van der Waals surface area contributed by atoms with Crippen LogP contribution in [0.5, 0.6) is 11.5 Å². The zero-order valence-corrected chi connectivity index (χ0v) is 23.4. The minimum absolute atomic E-state index is 0.0182. The number of halogens is 4. The number of hydrogen-bond acceptors (Lipinski definition) is 6. The average molecular weight is 608 g/mol. The molecule has 3 aromatic rings. The van der Waals surface area contributed by atoms with Crippen LogP contribution < -0.4 is 19.3 Å². The van der Waals surface area contributed by atoms with Crippen LogP contribution in [0.3, 0.4) is 0 Å². The largest absolute Gasteiger partial charge is 0.495 e. The van der Waals surface area contributed by atoms with E-state index in [1.165, 1.54) is 30.2 Å². The Hall–Kier alpha value is -3.30. The van der Waals surface area contributed by atoms with E-state index in [4.69, 9.17) is 55.9 Å². The number of imide groups is 1. The molecule has 0 saturated carbocycles. The van der Waals surface area contributed by atoms with Crippen molar-refractivity contribution in [1.82, 2.24) is 0 Å². The van der Waals surface area contributed by atoms with Gasteiger partial charge in [-0.2, -0.15) is 0 Å². The van der Waals surface area contributed by atoms with E-state index in [0.717, 1.165) is 4.90 Å². The maximum Gasteiger partial charge on any atom is 0.316 e. The standard InChI is InChI=1S/C27H18Cl4N2O6/c1-12-9-14(39-27(37)13-10-18(34)32(11-13)16-5-3-4-6-17(16)38-2)7-8-15(12)33-25(35)19-20(26(33)36)22(29)24(31)23(30)21(19)28/h3-9,13H,10-11H2,1-2H3/t13-/m1/s1. The summed E-state index contributed by atoms with van der Waals surface area (Å²) in [7, 11) is 1.51. The molecule has 8 nitrogen and oxygen atoms in total. The Kier molecular flexibility index (Phi) is 7.24. The fraction of sp³-hybridized carbons (Fsp3) is 0.185. The molecular weight excluding hydrogens is 590 g/mol. The van der Waals surface area contributed by atoms with Gasteiger partial charge in [0, 0.05) is 13.0 Å². The maximum atomic E-state index is 13.2. The van der Waals surface area contributed by atoms with E-state index in [0.29, 0.717) is 17.0 Å². The van der Waals surface area contributed by atoms with Crippen molar-refractivity contribution >= 4 is 81.5 Å². The van der Waals surface area contributed by atoms with E-state index in [9.17, 15) is 19.2 Å². The third kappa shape index (κ3) is 4.51. The van der Waals surface area contributed by atoms with Gasteiger partial charge in [0.25, 0.3) is 11.8 Å². The van der Waals surface area contributed by atoms with Gasteiger partial charge in [0.2, 0.25) is 5.91 Å². The highest BCUT2D eigenvalue weighted by molar-refractivity contribution is 6.56. The SMILES string of the molecule is COc1ccccc1N1C[C@H](C(=O)Oc2ccc(N3C(=O)c4c(Cl)c(Cl)c(Cl)c(Cl)c4C3=O)c(C)c2)CC1=O. The third-order valence-electron chi connectivity index (χ3n) is 6.56. The summed E-state index contributed by atoms with van der Waals surface area (Å²) in [6.07, 6.45) is -0.0182. The zero-order chi connectivity index (χ0) is 28.2. The quantitative estimate of drug-likeness (QED) is 0.110. The number of amides is 3. The summed E-state index contributed by atoms with van der Waals surface area (Å²) < 4.78 is 10.9. The molecule has 0 radical (unpaired) electrons. The first-order chi connectivity index (χ1) is 18.5. The van der Waals surface area contributed by atoms with Crippen LogP contribution in [-0.4, -0.2) is 37.3 Å². The summed E-state index contributed by atoms with van der Waals surface area (Å²) in [5.74, 6) is -2.23. The molecule has 1 atom stereocenters. The zero-order valence-electron chi connectivity index (χ0n) is 20.4. The van der Waals surface area contributed by atoms with Crippen LogP contribution in [0.15, 0.2) is 42.5 Å². The van der Waals surface area contributed by atoms with Gasteiger partial charge in [-0.05, 0) is 42.8 Å². The van der Waals surface area contributed by atoms with Gasteiger partial charge in [0.1, 0.15) is 11.5 Å². The molecule has 0 unspecified atom stereocenters. The highest BCUT2D eigenvalue weighted by Gasteiger charge is 2.43. The molecule has 12 heteroatoms. The van der Waals surface area contributed by atoms with Crippen LogP contribution in [-0.2, 0) is 9.59 Å². The number of aryl methyl sites for hydroxylation is 1. The molecule has 0 spiro atoms. The summed E-state index contributed by atoms with van der Waals surface area (Å²) in [6.45, 7) is 1.78. The van der Waals surface area contributed by atoms with Crippen molar-refractivity contribution < 1.29 is 28.7 Å². The number of carbonyl (C=O) groups is 4. The summed E-state index contributed by atoms with van der Waals surface area (Å²) in [4.78, 5) is 54.4. The number of hydrogen-bond donors (Lipinski definition) is 0. The van der Waals surface area contributed by atoms with Gasteiger partial charge >= 0.3 is 5.97 Å². The summed E-state index contributed by atoms with van der Waals surface area (Å²) in [5.41, 5.74) is 0.989. The molecule has 1 saturated heterocycles. The Morgan fingerprint density at radius 1 is 0.872 bits per heavy atom. The Bertz CT molecular complexity index is 1540. The van der Waals surface area contributed by atoms with Crippen molar-refractivity contribution in [2.75, 3.05) is 23.5 Å². The van der Waals surface area contributed by atoms with Gasteiger partial charge in [-0.1, -0.05) is 58.5 Å². The number of carbonyl (C=O) groups excluding carboxylic acids is 4. The predicted molar refractivity (Wildman–Crippen MR) is 148 cm³/mol. The molecule has 3 amide bonds. The van der Waals surface area contributed by atoms with Crippen LogP contribution in [0.4, 0.5) is 11.4 Å². The second-order valence-corrected chi connectivity index (χ2v) is 10.4. The first kappa shape index (κ1) is 27.3. The number of fused-ring (bicyclic) bond motifs is 1. The maximum absolute atomic E-state index is 13.2. The van der Waals surface area contributed by atoms with Crippen LogP contribution in [0.25, 0.3) is 0 Å². The summed E-state index contributed by atoms with van der Waals surface area (Å²) in [6, 6.07) is 11.5. The fourth-order valence-corrected chi connectivity index (χ4v) is 5.68. The molecule has 3 aromatic carbocycles. The van der Waals surface area contributed by atoms with Gasteiger partial charge in [0.05, 0.1) is 55.6 Å². The van der Waals surface area contributed by atoms with Crippen LogP contribution in [0.1, 0.15) is 32.7 Å². The Balaban J connectivity index is 1.35. The number of anilines is 2. The minimum Gasteiger partial charge on any atom is -0.495 e. The Labute approximate surface area is 242 Å². The molecule has 39 heavy (non-hydrogen) atoms. The molecule has 0 aliphatic carbocycles. The van der Waals surface area contributed by atoms with Gasteiger partial charge in [-0.25, -0.2) is 4.90 Å². The van der Waals surface area contributed by atoms with E-state index in [1.54, 1.807) is 31.2 Å². The monoisotopic (exact) mass is 606 g/mol. The molecule has 1 fully saturated rings. The lowest BCUT2D eigenvalue weighted by molar-refractivity contribution is -0.139. The number of nitrogens with zero attached hydrogens (tertiary/aromatic N) is 2. The van der Waals surface area contributed by atoms with Crippen molar-refractivity contribution in [3.05, 3.63) is 79.2 Å².